The largest absolute Gasteiger partial charge is 0.397 e. The molecule has 1 aromatic rings. The van der Waals surface area contributed by atoms with Crippen LogP contribution in [0.5, 0.6) is 0 Å². The minimum absolute atomic E-state index is 0.0569. The molecule has 0 bridgehead atoms. The van der Waals surface area contributed by atoms with Crippen LogP contribution in [0.4, 0.5) is 5.69 Å². The summed E-state index contributed by atoms with van der Waals surface area (Å²) in [6.45, 7) is 2.19. The molecule has 4 N–H and O–H groups in total. The Balaban J connectivity index is 1.90. The van der Waals surface area contributed by atoms with Crippen molar-refractivity contribution in [2.45, 2.75) is 25.8 Å². The van der Waals surface area contributed by atoms with Gasteiger partial charge in [0, 0.05) is 17.9 Å². The van der Waals surface area contributed by atoms with Crippen molar-refractivity contribution >= 4 is 11.6 Å². The quantitative estimate of drug-likeness (QED) is 0.658. The minimum atomic E-state index is -0.0569. The van der Waals surface area contributed by atoms with Crippen LogP contribution in [-0.4, -0.2) is 16.9 Å². The number of hydrogen-bond donors (Lipinski definition) is 3. The van der Waals surface area contributed by atoms with E-state index in [4.69, 9.17) is 5.73 Å². The van der Waals surface area contributed by atoms with Gasteiger partial charge in [0.2, 0.25) is 0 Å². The van der Waals surface area contributed by atoms with Gasteiger partial charge in [-0.3, -0.25) is 4.79 Å². The van der Waals surface area contributed by atoms with Crippen molar-refractivity contribution in [3.63, 3.8) is 0 Å². The van der Waals surface area contributed by atoms with Crippen molar-refractivity contribution in [3.05, 3.63) is 18.0 Å². The van der Waals surface area contributed by atoms with E-state index in [1.54, 1.807) is 12.3 Å². The molecule has 1 aliphatic rings. The number of hydrogen-bond acceptors (Lipinski definition) is 2. The van der Waals surface area contributed by atoms with Gasteiger partial charge >= 0.3 is 0 Å². The average Bonchev–Trinajstić information content (AvgIpc) is 2.49. The molecule has 1 saturated carbocycles. The van der Waals surface area contributed by atoms with Crippen molar-refractivity contribution in [2.75, 3.05) is 5.73 Å². The van der Waals surface area contributed by atoms with Crippen LogP contribution in [0.3, 0.4) is 0 Å². The van der Waals surface area contributed by atoms with Crippen LogP contribution < -0.4 is 11.1 Å². The summed E-state index contributed by atoms with van der Waals surface area (Å²) in [6.07, 6.45) is 3.79. The smallest absolute Gasteiger partial charge is 0.267 e. The van der Waals surface area contributed by atoms with E-state index in [2.05, 4.69) is 17.2 Å². The van der Waals surface area contributed by atoms with Crippen molar-refractivity contribution in [3.8, 4) is 0 Å². The number of aromatic nitrogens is 1. The Morgan fingerprint density at radius 2 is 2.36 bits per heavy atom. The van der Waals surface area contributed by atoms with E-state index in [-0.39, 0.29) is 5.91 Å². The summed E-state index contributed by atoms with van der Waals surface area (Å²) in [4.78, 5) is 14.4. The van der Waals surface area contributed by atoms with E-state index in [9.17, 15) is 4.79 Å². The number of H-pyrrole nitrogens is 1. The summed E-state index contributed by atoms with van der Waals surface area (Å²) < 4.78 is 0. The molecule has 1 fully saturated rings. The maximum absolute atomic E-state index is 11.6. The first-order valence-electron chi connectivity index (χ1n) is 4.90. The van der Waals surface area contributed by atoms with Crippen molar-refractivity contribution in [2.24, 2.45) is 5.92 Å². The van der Waals surface area contributed by atoms with Gasteiger partial charge in [-0.25, -0.2) is 0 Å². The summed E-state index contributed by atoms with van der Waals surface area (Å²) in [7, 11) is 0. The number of rotatable bonds is 2. The number of carbonyl (C=O) groups is 1. The molecule has 1 heterocycles. The van der Waals surface area contributed by atoms with Crippen molar-refractivity contribution in [1.82, 2.24) is 10.3 Å². The van der Waals surface area contributed by atoms with Gasteiger partial charge in [0.05, 0.1) is 0 Å². The molecule has 4 nitrogen and oxygen atoms in total. The van der Waals surface area contributed by atoms with E-state index in [1.807, 2.05) is 0 Å². The second kappa shape index (κ2) is 3.36. The first kappa shape index (κ1) is 9.12. The predicted molar refractivity (Wildman–Crippen MR) is 54.9 cm³/mol. The molecule has 2 rings (SSSR count). The highest BCUT2D eigenvalue weighted by Crippen LogP contribution is 2.26. The molecule has 0 radical (unpaired) electrons. The van der Waals surface area contributed by atoms with Crippen LogP contribution in [0.25, 0.3) is 0 Å². The van der Waals surface area contributed by atoms with Crippen molar-refractivity contribution < 1.29 is 4.79 Å². The van der Waals surface area contributed by atoms with E-state index in [0.717, 1.165) is 18.8 Å². The molecule has 0 saturated heterocycles. The Morgan fingerprint density at radius 3 is 2.86 bits per heavy atom. The van der Waals surface area contributed by atoms with E-state index in [0.29, 0.717) is 17.4 Å². The standard InChI is InChI=1S/C10H15N3O/c1-6-2-8(3-6)13-10(14)9-4-7(11)5-12-9/h4-6,8,12H,2-3,11H2,1H3,(H,13,14). The second-order valence-corrected chi connectivity index (χ2v) is 4.09. The van der Waals surface area contributed by atoms with Gasteiger partial charge in [0.25, 0.3) is 5.91 Å². The Morgan fingerprint density at radius 1 is 1.64 bits per heavy atom. The molecular formula is C10H15N3O. The summed E-state index contributed by atoms with van der Waals surface area (Å²) in [5.74, 6) is 0.688. The summed E-state index contributed by atoms with van der Waals surface area (Å²) in [5.41, 5.74) is 6.64. The molecule has 0 atom stereocenters. The normalized spacial score (nSPS) is 25.5. The number of aromatic amines is 1. The highest BCUT2D eigenvalue weighted by Gasteiger charge is 2.27. The highest BCUT2D eigenvalue weighted by molar-refractivity contribution is 5.93. The zero-order chi connectivity index (χ0) is 10.1. The molecular weight excluding hydrogens is 178 g/mol. The van der Waals surface area contributed by atoms with Crippen molar-refractivity contribution in [1.29, 1.82) is 0 Å². The minimum Gasteiger partial charge on any atom is -0.397 e. The Kier molecular flexibility index (Phi) is 2.19. The number of anilines is 1. The zero-order valence-corrected chi connectivity index (χ0v) is 8.21. The monoisotopic (exact) mass is 193 g/mol. The lowest BCUT2D eigenvalue weighted by Crippen LogP contribution is -2.43. The second-order valence-electron chi connectivity index (χ2n) is 4.09. The van der Waals surface area contributed by atoms with Gasteiger partial charge in [-0.2, -0.15) is 0 Å². The predicted octanol–water partition coefficient (Wildman–Crippen LogP) is 1.13. The van der Waals surface area contributed by atoms with Gasteiger partial charge in [-0.05, 0) is 24.8 Å². The Bertz CT molecular complexity index is 339. The van der Waals surface area contributed by atoms with Gasteiger partial charge in [0.15, 0.2) is 0 Å². The lowest BCUT2D eigenvalue weighted by atomic mass is 9.82. The van der Waals surface area contributed by atoms with Crippen LogP contribution in [0.2, 0.25) is 0 Å². The lowest BCUT2D eigenvalue weighted by Gasteiger charge is -2.33. The maximum atomic E-state index is 11.6. The molecule has 0 unspecified atom stereocenters. The first-order valence-corrected chi connectivity index (χ1v) is 4.90. The molecule has 1 aliphatic carbocycles. The fraction of sp³-hybridized carbons (Fsp3) is 0.500. The molecule has 76 valence electrons. The fourth-order valence-electron chi connectivity index (χ4n) is 1.83. The third-order valence-electron chi connectivity index (χ3n) is 2.66. The highest BCUT2D eigenvalue weighted by atomic mass is 16.1. The van der Waals surface area contributed by atoms with E-state index < -0.39 is 0 Å². The van der Waals surface area contributed by atoms with Crippen LogP contribution in [0.1, 0.15) is 30.3 Å². The number of carbonyl (C=O) groups excluding carboxylic acids is 1. The van der Waals surface area contributed by atoms with Gasteiger partial charge in [-0.15, -0.1) is 0 Å². The number of nitrogens with two attached hydrogens (primary N) is 1. The topological polar surface area (TPSA) is 70.9 Å². The van der Waals surface area contributed by atoms with E-state index >= 15 is 0 Å². The average molecular weight is 193 g/mol. The summed E-state index contributed by atoms with van der Waals surface area (Å²) in [5, 5.41) is 2.95. The van der Waals surface area contributed by atoms with Gasteiger partial charge in [-0.1, -0.05) is 6.92 Å². The Labute approximate surface area is 82.9 Å². The fourth-order valence-corrected chi connectivity index (χ4v) is 1.83. The van der Waals surface area contributed by atoms with Gasteiger partial charge in [0.1, 0.15) is 5.69 Å². The molecule has 0 aliphatic heterocycles. The SMILES string of the molecule is CC1CC(NC(=O)c2cc(N)c[nH]2)C1. The number of amides is 1. The molecule has 0 spiro atoms. The molecule has 4 heteroatoms. The third kappa shape index (κ3) is 1.73. The summed E-state index contributed by atoms with van der Waals surface area (Å²) in [6, 6.07) is 2.00. The van der Waals surface area contributed by atoms with Gasteiger partial charge < -0.3 is 16.0 Å². The molecule has 1 amide bonds. The third-order valence-corrected chi connectivity index (χ3v) is 2.66. The lowest BCUT2D eigenvalue weighted by molar-refractivity contribution is 0.0891. The van der Waals surface area contributed by atoms with Crippen LogP contribution in [-0.2, 0) is 0 Å². The zero-order valence-electron chi connectivity index (χ0n) is 8.21. The van der Waals surface area contributed by atoms with Crippen LogP contribution in [0, 0.1) is 5.92 Å². The first-order chi connectivity index (χ1) is 6.65. The van der Waals surface area contributed by atoms with Crippen LogP contribution in [0.15, 0.2) is 12.3 Å². The van der Waals surface area contributed by atoms with E-state index in [1.165, 1.54) is 0 Å². The Hall–Kier alpha value is -1.45. The number of nitrogens with one attached hydrogen (secondary N) is 2. The summed E-state index contributed by atoms with van der Waals surface area (Å²) >= 11 is 0. The molecule has 0 aromatic carbocycles. The number of nitrogen functional groups attached to an aromatic ring is 1. The molecule has 14 heavy (non-hydrogen) atoms. The molecule has 1 aromatic heterocycles. The maximum Gasteiger partial charge on any atom is 0.267 e. The van der Waals surface area contributed by atoms with Crippen LogP contribution >= 0.6 is 0 Å².